The van der Waals surface area contributed by atoms with E-state index in [1.807, 2.05) is 0 Å². The van der Waals surface area contributed by atoms with Crippen LogP contribution in [0.1, 0.15) is 32.1 Å². The third-order valence-electron chi connectivity index (χ3n) is 5.40. The highest BCUT2D eigenvalue weighted by atomic mass is 32.2. The first-order valence-electron chi connectivity index (χ1n) is 8.80. The maximum absolute atomic E-state index is 11.5. The summed E-state index contributed by atoms with van der Waals surface area (Å²) < 4.78 is 28.9. The first-order chi connectivity index (χ1) is 11.8. The van der Waals surface area contributed by atoms with Gasteiger partial charge < -0.3 is 20.3 Å². The van der Waals surface area contributed by atoms with Gasteiger partial charge in [-0.25, -0.2) is 8.42 Å². The predicted molar refractivity (Wildman–Crippen MR) is 94.4 cm³/mol. The normalized spacial score (nSPS) is 30.2. The molecule has 2 aliphatic carbocycles. The number of nitrogens with one attached hydrogen (secondary N) is 1. The van der Waals surface area contributed by atoms with Crippen LogP contribution in [0, 0.1) is 5.41 Å². The molecule has 0 spiro atoms. The smallest absolute Gasteiger partial charge is 0.175 e. The van der Waals surface area contributed by atoms with Crippen molar-refractivity contribution >= 4 is 9.84 Å². The average molecular weight is 369 g/mol. The van der Waals surface area contributed by atoms with Gasteiger partial charge in [0.05, 0.1) is 23.7 Å². The molecular formula is C18H27NO5S. The van der Waals surface area contributed by atoms with E-state index in [9.17, 15) is 18.6 Å². The molecule has 0 radical (unpaired) electrons. The van der Waals surface area contributed by atoms with Crippen molar-refractivity contribution < 1.29 is 23.4 Å². The molecule has 140 valence electrons. The number of aliphatic hydroxyl groups excluding tert-OH is 2. The Labute approximate surface area is 149 Å². The highest BCUT2D eigenvalue weighted by Gasteiger charge is 2.45. The van der Waals surface area contributed by atoms with Crippen LogP contribution in [0.25, 0.3) is 0 Å². The molecule has 1 aromatic rings. The maximum Gasteiger partial charge on any atom is 0.175 e. The fourth-order valence-corrected chi connectivity index (χ4v) is 4.18. The standard InChI is InChI=1S/C18H27NO5S/c1-25(22,23)15-7-5-14(6-8-15)24-12-18(9-16(20)17(21)10-18)11-19-13-3-2-4-13/h5-8,13,16-17,19-21H,2-4,9-12H2,1H3/t16-,17+,18?. The van der Waals surface area contributed by atoms with Crippen molar-refractivity contribution in [3.63, 3.8) is 0 Å². The van der Waals surface area contributed by atoms with E-state index in [1.54, 1.807) is 12.1 Å². The Morgan fingerprint density at radius 2 is 1.76 bits per heavy atom. The number of ether oxygens (including phenoxy) is 1. The van der Waals surface area contributed by atoms with E-state index in [-0.39, 0.29) is 10.3 Å². The van der Waals surface area contributed by atoms with Gasteiger partial charge in [-0.3, -0.25) is 0 Å². The molecular weight excluding hydrogens is 342 g/mol. The molecule has 2 aliphatic rings. The van der Waals surface area contributed by atoms with Crippen molar-refractivity contribution in [3.05, 3.63) is 24.3 Å². The Morgan fingerprint density at radius 3 is 2.24 bits per heavy atom. The van der Waals surface area contributed by atoms with E-state index < -0.39 is 22.0 Å². The molecule has 25 heavy (non-hydrogen) atoms. The topological polar surface area (TPSA) is 95.9 Å². The lowest BCUT2D eigenvalue weighted by Gasteiger charge is -2.34. The van der Waals surface area contributed by atoms with Gasteiger partial charge in [-0.1, -0.05) is 6.42 Å². The Hall–Kier alpha value is -1.15. The number of hydrogen-bond acceptors (Lipinski definition) is 6. The minimum absolute atomic E-state index is 0.257. The maximum atomic E-state index is 11.5. The van der Waals surface area contributed by atoms with Crippen LogP contribution in [0.5, 0.6) is 5.75 Å². The van der Waals surface area contributed by atoms with Crippen LogP contribution in [0.15, 0.2) is 29.2 Å². The van der Waals surface area contributed by atoms with Crippen molar-refractivity contribution in [2.75, 3.05) is 19.4 Å². The van der Waals surface area contributed by atoms with Crippen LogP contribution in [-0.2, 0) is 9.84 Å². The molecule has 3 N–H and O–H groups in total. The van der Waals surface area contributed by atoms with Crippen molar-refractivity contribution in [1.29, 1.82) is 0 Å². The third kappa shape index (κ3) is 4.53. The second-order valence-corrected chi connectivity index (χ2v) is 9.60. The quantitative estimate of drug-likeness (QED) is 0.666. The molecule has 6 nitrogen and oxygen atoms in total. The first-order valence-corrected chi connectivity index (χ1v) is 10.7. The van der Waals surface area contributed by atoms with Crippen LogP contribution >= 0.6 is 0 Å². The average Bonchev–Trinajstić information content (AvgIpc) is 2.78. The molecule has 0 aromatic heterocycles. The Bertz CT molecular complexity index is 674. The number of sulfone groups is 1. The van der Waals surface area contributed by atoms with Crippen molar-refractivity contribution in [2.24, 2.45) is 5.41 Å². The van der Waals surface area contributed by atoms with Gasteiger partial charge in [0.1, 0.15) is 5.75 Å². The van der Waals surface area contributed by atoms with E-state index in [2.05, 4.69) is 5.32 Å². The number of hydrogen-bond donors (Lipinski definition) is 3. The lowest BCUT2D eigenvalue weighted by atomic mass is 9.85. The van der Waals surface area contributed by atoms with E-state index in [1.165, 1.54) is 37.7 Å². The first kappa shape index (κ1) is 18.6. The van der Waals surface area contributed by atoms with Crippen LogP contribution < -0.4 is 10.1 Å². The summed E-state index contributed by atoms with van der Waals surface area (Å²) in [5, 5.41) is 23.5. The summed E-state index contributed by atoms with van der Waals surface area (Å²) in [5.41, 5.74) is -0.316. The summed E-state index contributed by atoms with van der Waals surface area (Å²) >= 11 is 0. The second-order valence-electron chi connectivity index (χ2n) is 7.58. The molecule has 1 unspecified atom stereocenters. The SMILES string of the molecule is CS(=O)(=O)c1ccc(OCC2(CNC3CCC3)C[C@@H](O)[C@@H](O)C2)cc1. The van der Waals surface area contributed by atoms with Gasteiger partial charge in [-0.15, -0.1) is 0 Å². The molecule has 2 saturated carbocycles. The fraction of sp³-hybridized carbons (Fsp3) is 0.667. The summed E-state index contributed by atoms with van der Waals surface area (Å²) in [6, 6.07) is 6.88. The van der Waals surface area contributed by atoms with Crippen LogP contribution in [-0.4, -0.2) is 56.3 Å². The van der Waals surface area contributed by atoms with Crippen LogP contribution in [0.3, 0.4) is 0 Å². The zero-order valence-electron chi connectivity index (χ0n) is 14.5. The summed E-state index contributed by atoms with van der Waals surface area (Å²) in [5.74, 6) is 0.589. The van der Waals surface area contributed by atoms with Gasteiger partial charge in [0.25, 0.3) is 0 Å². The predicted octanol–water partition coefficient (Wildman–Crippen LogP) is 1.11. The molecule has 3 atom stereocenters. The summed E-state index contributed by atoms with van der Waals surface area (Å²) in [7, 11) is -3.22. The molecule has 3 rings (SSSR count). The third-order valence-corrected chi connectivity index (χ3v) is 6.52. The minimum atomic E-state index is -3.22. The summed E-state index contributed by atoms with van der Waals surface area (Å²) in [6.45, 7) is 1.08. The highest BCUT2D eigenvalue weighted by molar-refractivity contribution is 7.90. The molecule has 7 heteroatoms. The van der Waals surface area contributed by atoms with Gasteiger partial charge in [0.15, 0.2) is 9.84 Å². The molecule has 0 heterocycles. The van der Waals surface area contributed by atoms with Crippen LogP contribution in [0.4, 0.5) is 0 Å². The van der Waals surface area contributed by atoms with Crippen LogP contribution in [0.2, 0.25) is 0 Å². The van der Waals surface area contributed by atoms with Gasteiger partial charge in [-0.2, -0.15) is 0 Å². The fourth-order valence-electron chi connectivity index (χ4n) is 3.55. The summed E-state index contributed by atoms with van der Waals surface area (Å²) in [4.78, 5) is 0.257. The van der Waals surface area contributed by atoms with Crippen molar-refractivity contribution in [2.45, 2.75) is 55.2 Å². The molecule has 0 aliphatic heterocycles. The van der Waals surface area contributed by atoms with E-state index in [0.717, 1.165) is 0 Å². The largest absolute Gasteiger partial charge is 0.493 e. The zero-order valence-corrected chi connectivity index (χ0v) is 15.3. The van der Waals surface area contributed by atoms with Gasteiger partial charge in [-0.05, 0) is 49.9 Å². The lowest BCUT2D eigenvalue weighted by molar-refractivity contribution is 0.0438. The molecule has 1 aromatic carbocycles. The number of benzene rings is 1. The minimum Gasteiger partial charge on any atom is -0.493 e. The molecule has 0 saturated heterocycles. The van der Waals surface area contributed by atoms with Gasteiger partial charge >= 0.3 is 0 Å². The van der Waals surface area contributed by atoms with E-state index in [0.29, 0.717) is 37.8 Å². The van der Waals surface area contributed by atoms with Gasteiger partial charge in [0, 0.05) is 24.3 Å². The Morgan fingerprint density at radius 1 is 1.16 bits per heavy atom. The van der Waals surface area contributed by atoms with Crippen molar-refractivity contribution in [1.82, 2.24) is 5.32 Å². The Kier molecular flexibility index (Phi) is 5.39. The van der Waals surface area contributed by atoms with Gasteiger partial charge in [0.2, 0.25) is 0 Å². The molecule has 0 bridgehead atoms. The van der Waals surface area contributed by atoms with E-state index >= 15 is 0 Å². The highest BCUT2D eigenvalue weighted by Crippen LogP contribution is 2.39. The number of aliphatic hydroxyl groups is 2. The summed E-state index contributed by atoms with van der Waals surface area (Å²) in [6.07, 6.45) is 4.32. The lowest BCUT2D eigenvalue weighted by Crippen LogP contribution is -2.44. The second kappa shape index (κ2) is 7.23. The molecule has 2 fully saturated rings. The Balaban J connectivity index is 1.63. The number of rotatable bonds is 7. The van der Waals surface area contributed by atoms with E-state index in [4.69, 9.17) is 4.74 Å². The van der Waals surface area contributed by atoms with Crippen molar-refractivity contribution in [3.8, 4) is 5.75 Å². The molecule has 0 amide bonds. The zero-order chi connectivity index (χ0) is 18.1. The monoisotopic (exact) mass is 369 g/mol.